The predicted octanol–water partition coefficient (Wildman–Crippen LogP) is 2.99. The molecule has 0 aromatic heterocycles. The summed E-state index contributed by atoms with van der Waals surface area (Å²) in [6.07, 6.45) is 0.363. The largest absolute Gasteiger partial charge is 0.481 e. The maximum atomic E-state index is 13.1. The lowest BCUT2D eigenvalue weighted by atomic mass is 9.90. The van der Waals surface area contributed by atoms with Gasteiger partial charge in [0, 0.05) is 24.2 Å². The molecule has 0 spiro atoms. The molecule has 0 unspecified atom stereocenters. The summed E-state index contributed by atoms with van der Waals surface area (Å²) in [7, 11) is 0. The lowest BCUT2D eigenvalue weighted by Crippen LogP contribution is -2.35. The molecule has 3 rings (SSSR count). The number of carbonyl (C=O) groups is 3. The number of likely N-dealkylation sites (tertiary alicyclic amines) is 1. The second-order valence-corrected chi connectivity index (χ2v) is 6.72. The fourth-order valence-electron chi connectivity index (χ4n) is 3.10. The van der Waals surface area contributed by atoms with Gasteiger partial charge < -0.3 is 10.0 Å². The topological polar surface area (TPSA) is 74.7 Å². The third-order valence-electron chi connectivity index (χ3n) is 4.79. The van der Waals surface area contributed by atoms with Gasteiger partial charge in [-0.2, -0.15) is 0 Å². The Morgan fingerprint density at radius 1 is 1.04 bits per heavy atom. The molecule has 1 saturated heterocycles. The van der Waals surface area contributed by atoms with E-state index in [4.69, 9.17) is 0 Å². The van der Waals surface area contributed by atoms with E-state index in [-0.39, 0.29) is 34.9 Å². The van der Waals surface area contributed by atoms with Crippen molar-refractivity contribution in [2.24, 2.45) is 5.41 Å². The molecule has 1 amide bonds. The van der Waals surface area contributed by atoms with Gasteiger partial charge in [0.25, 0.3) is 5.91 Å². The van der Waals surface area contributed by atoms with Crippen molar-refractivity contribution in [3.8, 4) is 0 Å². The first kappa shape index (κ1) is 17.8. The van der Waals surface area contributed by atoms with Crippen molar-refractivity contribution >= 4 is 17.7 Å². The molecule has 0 aliphatic carbocycles. The van der Waals surface area contributed by atoms with Crippen molar-refractivity contribution in [2.75, 3.05) is 13.1 Å². The minimum absolute atomic E-state index is 0.0975. The molecule has 6 heteroatoms. The Kier molecular flexibility index (Phi) is 4.59. The molecular weight excluding hydrogens is 337 g/mol. The summed E-state index contributed by atoms with van der Waals surface area (Å²) in [5.74, 6) is -2.14. The van der Waals surface area contributed by atoms with Crippen molar-refractivity contribution in [2.45, 2.75) is 13.3 Å². The lowest BCUT2D eigenvalue weighted by Gasteiger charge is -2.21. The number of carboxylic acids is 1. The van der Waals surface area contributed by atoms with E-state index in [2.05, 4.69) is 0 Å². The van der Waals surface area contributed by atoms with Crippen LogP contribution in [0, 0.1) is 11.2 Å². The number of carboxylic acid groups (broad SMARTS) is 1. The van der Waals surface area contributed by atoms with Gasteiger partial charge in [0.1, 0.15) is 5.82 Å². The fraction of sp³-hybridized carbons (Fsp3) is 0.250. The number of hydrogen-bond acceptors (Lipinski definition) is 3. The minimum Gasteiger partial charge on any atom is -0.481 e. The number of hydrogen-bond donors (Lipinski definition) is 1. The molecule has 1 N–H and O–H groups in total. The summed E-state index contributed by atoms with van der Waals surface area (Å²) in [6, 6.07) is 11.5. The van der Waals surface area contributed by atoms with E-state index in [1.54, 1.807) is 31.2 Å². The van der Waals surface area contributed by atoms with Crippen LogP contribution in [0.1, 0.15) is 39.6 Å². The number of benzene rings is 2. The number of aliphatic carboxylic acids is 1. The maximum Gasteiger partial charge on any atom is 0.311 e. The molecule has 134 valence electrons. The van der Waals surface area contributed by atoms with E-state index in [9.17, 15) is 23.9 Å². The van der Waals surface area contributed by atoms with Crippen LogP contribution < -0.4 is 0 Å². The molecule has 0 radical (unpaired) electrons. The molecule has 1 heterocycles. The van der Waals surface area contributed by atoms with Crippen LogP contribution in [0.2, 0.25) is 0 Å². The highest BCUT2D eigenvalue weighted by molar-refractivity contribution is 6.15. The van der Waals surface area contributed by atoms with Crippen LogP contribution in [0.5, 0.6) is 0 Å². The Hall–Kier alpha value is -3.02. The van der Waals surface area contributed by atoms with Crippen LogP contribution in [0.25, 0.3) is 0 Å². The van der Waals surface area contributed by atoms with E-state index in [1.165, 1.54) is 29.2 Å². The molecule has 5 nitrogen and oxygen atoms in total. The second kappa shape index (κ2) is 6.71. The van der Waals surface area contributed by atoms with Gasteiger partial charge in [-0.15, -0.1) is 0 Å². The van der Waals surface area contributed by atoms with Crippen LogP contribution in [0.15, 0.2) is 48.5 Å². The molecule has 1 aliphatic rings. The minimum atomic E-state index is -0.981. The summed E-state index contributed by atoms with van der Waals surface area (Å²) in [4.78, 5) is 38.5. The first-order chi connectivity index (χ1) is 12.3. The summed E-state index contributed by atoms with van der Waals surface area (Å²) in [5, 5.41) is 9.33. The van der Waals surface area contributed by atoms with E-state index in [0.717, 1.165) is 0 Å². The number of halogens is 1. The first-order valence-corrected chi connectivity index (χ1v) is 8.24. The highest BCUT2D eigenvalue weighted by atomic mass is 19.1. The van der Waals surface area contributed by atoms with Crippen LogP contribution in [-0.2, 0) is 4.79 Å². The van der Waals surface area contributed by atoms with E-state index in [0.29, 0.717) is 13.0 Å². The van der Waals surface area contributed by atoms with Gasteiger partial charge in [-0.25, -0.2) is 4.39 Å². The Morgan fingerprint density at radius 3 is 2.23 bits per heavy atom. The predicted molar refractivity (Wildman–Crippen MR) is 92.5 cm³/mol. The maximum absolute atomic E-state index is 13.1. The molecule has 1 atom stereocenters. The summed E-state index contributed by atoms with van der Waals surface area (Å²) >= 11 is 0. The number of rotatable bonds is 4. The zero-order valence-corrected chi connectivity index (χ0v) is 14.2. The van der Waals surface area contributed by atoms with E-state index < -0.39 is 17.2 Å². The molecule has 26 heavy (non-hydrogen) atoms. The normalized spacial score (nSPS) is 19.4. The third-order valence-corrected chi connectivity index (χ3v) is 4.79. The molecule has 0 bridgehead atoms. The number of nitrogens with zero attached hydrogens (tertiary/aromatic N) is 1. The van der Waals surface area contributed by atoms with Gasteiger partial charge in [-0.05, 0) is 43.7 Å². The molecule has 2 aromatic rings. The SMILES string of the molecule is C[C@@]1(C(=O)O)CCN(C(=O)c2ccccc2C(=O)c2ccc(F)cc2)C1. The monoisotopic (exact) mass is 355 g/mol. The quantitative estimate of drug-likeness (QED) is 0.856. The number of carbonyl (C=O) groups excluding carboxylic acids is 2. The Bertz CT molecular complexity index is 878. The average Bonchev–Trinajstić information content (AvgIpc) is 3.05. The van der Waals surface area contributed by atoms with E-state index >= 15 is 0 Å². The molecule has 1 fully saturated rings. The van der Waals surface area contributed by atoms with Crippen molar-refractivity contribution in [3.63, 3.8) is 0 Å². The lowest BCUT2D eigenvalue weighted by molar-refractivity contribution is -0.147. The Morgan fingerprint density at radius 2 is 1.65 bits per heavy atom. The van der Waals surface area contributed by atoms with Crippen molar-refractivity contribution < 1.29 is 23.9 Å². The van der Waals surface area contributed by atoms with Crippen molar-refractivity contribution in [1.29, 1.82) is 0 Å². The van der Waals surface area contributed by atoms with Crippen molar-refractivity contribution in [3.05, 3.63) is 71.0 Å². The second-order valence-electron chi connectivity index (χ2n) is 6.72. The van der Waals surface area contributed by atoms with Crippen LogP contribution in [0.4, 0.5) is 4.39 Å². The summed E-state index contributed by atoms with van der Waals surface area (Å²) in [5.41, 5.74) is -0.265. The summed E-state index contributed by atoms with van der Waals surface area (Å²) < 4.78 is 13.1. The van der Waals surface area contributed by atoms with Gasteiger partial charge in [0.15, 0.2) is 5.78 Å². The zero-order valence-electron chi connectivity index (χ0n) is 14.2. The van der Waals surface area contributed by atoms with Crippen molar-refractivity contribution in [1.82, 2.24) is 4.90 Å². The van der Waals surface area contributed by atoms with Crippen LogP contribution in [-0.4, -0.2) is 40.8 Å². The Balaban J connectivity index is 1.90. The number of amides is 1. The molecule has 1 aliphatic heterocycles. The van der Waals surface area contributed by atoms with Crippen LogP contribution >= 0.6 is 0 Å². The molecule has 0 saturated carbocycles. The van der Waals surface area contributed by atoms with Gasteiger partial charge in [-0.3, -0.25) is 14.4 Å². The fourth-order valence-corrected chi connectivity index (χ4v) is 3.10. The van der Waals surface area contributed by atoms with Gasteiger partial charge >= 0.3 is 5.97 Å². The van der Waals surface area contributed by atoms with Gasteiger partial charge in [0.2, 0.25) is 0 Å². The third kappa shape index (κ3) is 3.22. The first-order valence-electron chi connectivity index (χ1n) is 8.24. The van der Waals surface area contributed by atoms with Gasteiger partial charge in [0.05, 0.1) is 11.0 Å². The highest BCUT2D eigenvalue weighted by Crippen LogP contribution is 2.31. The molecular formula is C20H18FNO4. The average molecular weight is 355 g/mol. The smallest absolute Gasteiger partial charge is 0.311 e. The van der Waals surface area contributed by atoms with Gasteiger partial charge in [-0.1, -0.05) is 18.2 Å². The van der Waals surface area contributed by atoms with Crippen LogP contribution in [0.3, 0.4) is 0 Å². The molecule has 2 aromatic carbocycles. The summed E-state index contributed by atoms with van der Waals surface area (Å²) in [6.45, 7) is 2.03. The Labute approximate surface area is 150 Å². The standard InChI is InChI=1S/C20H18FNO4/c1-20(19(25)26)10-11-22(12-20)18(24)16-5-3-2-4-15(16)17(23)13-6-8-14(21)9-7-13/h2-9H,10-12H2,1H3,(H,25,26)/t20-/m1/s1. The van der Waals surface area contributed by atoms with E-state index in [1.807, 2.05) is 0 Å². The number of ketones is 1. The zero-order chi connectivity index (χ0) is 18.9. The highest BCUT2D eigenvalue weighted by Gasteiger charge is 2.42.